The molecule has 0 N–H and O–H groups in total. The fourth-order valence-corrected chi connectivity index (χ4v) is 3.34. The minimum Gasteiger partial charge on any atom is -0.337 e. The Kier molecular flexibility index (Phi) is 4.65. The van der Waals surface area contributed by atoms with Crippen LogP contribution in [0.5, 0.6) is 0 Å². The van der Waals surface area contributed by atoms with Crippen LogP contribution in [0.1, 0.15) is 17.0 Å². The van der Waals surface area contributed by atoms with Gasteiger partial charge in [0.2, 0.25) is 11.7 Å². The maximum Gasteiger partial charge on any atom is 0.316 e. The van der Waals surface area contributed by atoms with Gasteiger partial charge in [-0.05, 0) is 31.0 Å². The first-order valence-corrected chi connectivity index (χ1v) is 9.09. The van der Waals surface area contributed by atoms with Crippen molar-refractivity contribution in [1.82, 2.24) is 15.0 Å². The number of rotatable bonds is 4. The van der Waals surface area contributed by atoms with Crippen LogP contribution in [0.2, 0.25) is 0 Å². The Morgan fingerprint density at radius 2 is 1.64 bits per heavy atom. The molecule has 1 aliphatic heterocycles. The third kappa shape index (κ3) is 3.26. The molecular formula is C21H20N4O3. The molecule has 0 bridgehead atoms. The summed E-state index contributed by atoms with van der Waals surface area (Å²) in [5.41, 5.74) is 3.63. The van der Waals surface area contributed by atoms with Crippen LogP contribution in [0.4, 0.5) is 5.69 Å². The number of carbonyl (C=O) groups is 2. The summed E-state index contributed by atoms with van der Waals surface area (Å²) in [6.07, 6.45) is 0. The summed E-state index contributed by atoms with van der Waals surface area (Å²) in [6.45, 7) is 4.84. The molecule has 0 aliphatic carbocycles. The van der Waals surface area contributed by atoms with Crippen molar-refractivity contribution in [2.24, 2.45) is 0 Å². The summed E-state index contributed by atoms with van der Waals surface area (Å²) in [4.78, 5) is 32.6. The topological polar surface area (TPSA) is 79.5 Å². The van der Waals surface area contributed by atoms with Gasteiger partial charge >= 0.3 is 11.8 Å². The average molecular weight is 376 g/mol. The van der Waals surface area contributed by atoms with Gasteiger partial charge in [-0.15, -0.1) is 0 Å². The van der Waals surface area contributed by atoms with Crippen LogP contribution in [0.3, 0.4) is 0 Å². The van der Waals surface area contributed by atoms with Gasteiger partial charge in [0, 0.05) is 24.3 Å². The fourth-order valence-electron chi connectivity index (χ4n) is 3.34. The minimum absolute atomic E-state index is 0.116. The number of amides is 2. The highest BCUT2D eigenvalue weighted by Crippen LogP contribution is 2.23. The average Bonchev–Trinajstić information content (AvgIpc) is 3.15. The maximum atomic E-state index is 12.6. The van der Waals surface area contributed by atoms with Crippen molar-refractivity contribution in [3.8, 4) is 11.4 Å². The highest BCUT2D eigenvalue weighted by atomic mass is 16.5. The zero-order valence-corrected chi connectivity index (χ0v) is 15.8. The van der Waals surface area contributed by atoms with Gasteiger partial charge in [0.05, 0.1) is 0 Å². The van der Waals surface area contributed by atoms with Gasteiger partial charge in [0.1, 0.15) is 6.54 Å². The normalized spacial score (nSPS) is 14.6. The third-order valence-corrected chi connectivity index (χ3v) is 4.90. The van der Waals surface area contributed by atoms with Crippen molar-refractivity contribution in [3.63, 3.8) is 0 Å². The summed E-state index contributed by atoms with van der Waals surface area (Å²) in [5.74, 6) is -0.321. The second-order valence-corrected chi connectivity index (χ2v) is 6.80. The number of hydrogen-bond acceptors (Lipinski definition) is 5. The van der Waals surface area contributed by atoms with Crippen molar-refractivity contribution in [3.05, 3.63) is 65.5 Å². The summed E-state index contributed by atoms with van der Waals surface area (Å²) < 4.78 is 5.31. The summed E-state index contributed by atoms with van der Waals surface area (Å²) in [6, 6.07) is 15.3. The number of para-hydroxylation sites is 1. The van der Waals surface area contributed by atoms with E-state index in [9.17, 15) is 9.59 Å². The highest BCUT2D eigenvalue weighted by molar-refractivity contribution is 6.41. The molecule has 1 saturated heterocycles. The van der Waals surface area contributed by atoms with Gasteiger partial charge in [0.25, 0.3) is 0 Å². The lowest BCUT2D eigenvalue weighted by molar-refractivity contribution is -0.146. The largest absolute Gasteiger partial charge is 0.337 e. The van der Waals surface area contributed by atoms with Gasteiger partial charge in [-0.2, -0.15) is 4.98 Å². The molecule has 2 heterocycles. The number of aromatic nitrogens is 2. The Bertz CT molecular complexity index is 1040. The van der Waals surface area contributed by atoms with Crippen molar-refractivity contribution in [1.29, 1.82) is 0 Å². The molecule has 0 spiro atoms. The molecule has 1 aliphatic rings. The summed E-state index contributed by atoms with van der Waals surface area (Å²) in [5, 5.41) is 4.01. The molecule has 3 aromatic rings. The van der Waals surface area contributed by atoms with Crippen molar-refractivity contribution in [2.75, 3.05) is 18.0 Å². The van der Waals surface area contributed by atoms with E-state index in [-0.39, 0.29) is 6.54 Å². The zero-order chi connectivity index (χ0) is 19.7. The van der Waals surface area contributed by atoms with Crippen molar-refractivity contribution >= 4 is 17.5 Å². The molecule has 4 rings (SSSR count). The first-order chi connectivity index (χ1) is 13.5. The lowest BCUT2D eigenvalue weighted by Crippen LogP contribution is -2.54. The van der Waals surface area contributed by atoms with Gasteiger partial charge in [-0.3, -0.25) is 9.59 Å². The molecule has 28 heavy (non-hydrogen) atoms. The van der Waals surface area contributed by atoms with Gasteiger partial charge in [0.15, 0.2) is 0 Å². The predicted molar refractivity (Wildman–Crippen MR) is 103 cm³/mol. The second kappa shape index (κ2) is 7.26. The van der Waals surface area contributed by atoms with Crippen LogP contribution < -0.4 is 4.90 Å². The quantitative estimate of drug-likeness (QED) is 0.654. The third-order valence-electron chi connectivity index (χ3n) is 4.90. The van der Waals surface area contributed by atoms with E-state index in [1.165, 1.54) is 9.80 Å². The first-order valence-electron chi connectivity index (χ1n) is 9.09. The number of hydrogen-bond donors (Lipinski definition) is 0. The molecule has 1 aromatic heterocycles. The van der Waals surface area contributed by atoms with Crippen LogP contribution >= 0.6 is 0 Å². The summed E-state index contributed by atoms with van der Waals surface area (Å²) >= 11 is 0. The number of anilines is 1. The fraction of sp³-hybridized carbons (Fsp3) is 0.238. The Morgan fingerprint density at radius 3 is 2.39 bits per heavy atom. The zero-order valence-electron chi connectivity index (χ0n) is 15.8. The molecule has 2 aromatic carbocycles. The van der Waals surface area contributed by atoms with Crippen LogP contribution in [0.25, 0.3) is 11.4 Å². The van der Waals surface area contributed by atoms with E-state index >= 15 is 0 Å². The maximum absolute atomic E-state index is 12.6. The standard InChI is InChI=1S/C21H20N4O3/c1-14-7-3-5-9-16(14)19-22-18(28-23-19)13-24-11-12-25(21(27)20(24)26)17-10-6-4-8-15(17)2/h3-10H,11-13H2,1-2H3. The van der Waals surface area contributed by atoms with E-state index in [0.29, 0.717) is 24.8 Å². The van der Waals surface area contributed by atoms with E-state index in [2.05, 4.69) is 10.1 Å². The molecule has 142 valence electrons. The molecule has 2 amide bonds. The van der Waals surface area contributed by atoms with Gasteiger partial charge < -0.3 is 14.3 Å². The van der Waals surface area contributed by atoms with Crippen LogP contribution in [-0.4, -0.2) is 39.9 Å². The van der Waals surface area contributed by atoms with Crippen LogP contribution in [-0.2, 0) is 16.1 Å². The van der Waals surface area contributed by atoms with E-state index in [1.54, 1.807) is 0 Å². The van der Waals surface area contributed by atoms with Gasteiger partial charge in [-0.1, -0.05) is 47.6 Å². The molecule has 7 heteroatoms. The summed E-state index contributed by atoms with van der Waals surface area (Å²) in [7, 11) is 0. The van der Waals surface area contributed by atoms with Crippen LogP contribution in [0.15, 0.2) is 53.1 Å². The number of benzene rings is 2. The SMILES string of the molecule is Cc1ccccc1-c1noc(CN2CCN(c3ccccc3C)C(=O)C2=O)n1. The monoisotopic (exact) mass is 376 g/mol. The molecule has 1 fully saturated rings. The smallest absolute Gasteiger partial charge is 0.316 e. The van der Waals surface area contributed by atoms with E-state index in [4.69, 9.17) is 4.52 Å². The van der Waals surface area contributed by atoms with Gasteiger partial charge in [-0.25, -0.2) is 0 Å². The molecular weight excluding hydrogens is 356 g/mol. The second-order valence-electron chi connectivity index (χ2n) is 6.80. The minimum atomic E-state index is -0.565. The predicted octanol–water partition coefficient (Wildman–Crippen LogP) is 2.73. The number of nitrogens with zero attached hydrogens (tertiary/aromatic N) is 4. The first kappa shape index (κ1) is 17.9. The van der Waals surface area contributed by atoms with E-state index in [1.807, 2.05) is 62.4 Å². The van der Waals surface area contributed by atoms with Crippen molar-refractivity contribution in [2.45, 2.75) is 20.4 Å². The number of aryl methyl sites for hydroxylation is 2. The number of carbonyl (C=O) groups excluding carboxylic acids is 2. The highest BCUT2D eigenvalue weighted by Gasteiger charge is 2.34. The lowest BCUT2D eigenvalue weighted by atomic mass is 10.1. The van der Waals surface area contributed by atoms with E-state index < -0.39 is 11.8 Å². The molecule has 0 saturated carbocycles. The Labute approximate surface area is 162 Å². The molecule has 0 radical (unpaired) electrons. The molecule has 0 atom stereocenters. The molecule has 0 unspecified atom stereocenters. The van der Waals surface area contributed by atoms with E-state index in [0.717, 1.165) is 22.4 Å². The Morgan fingerprint density at radius 1 is 0.929 bits per heavy atom. The number of piperazine rings is 1. The lowest BCUT2D eigenvalue weighted by Gasteiger charge is -2.33. The Hall–Kier alpha value is -3.48. The Balaban J connectivity index is 1.49. The van der Waals surface area contributed by atoms with Crippen LogP contribution in [0, 0.1) is 13.8 Å². The van der Waals surface area contributed by atoms with Crippen molar-refractivity contribution < 1.29 is 14.1 Å². The molecule has 7 nitrogen and oxygen atoms in total.